The summed E-state index contributed by atoms with van der Waals surface area (Å²) in [5, 5.41) is 8.79. The molecule has 0 aliphatic heterocycles. The lowest BCUT2D eigenvalue weighted by atomic mass is 9.86. The number of aliphatic hydroxyl groups is 1. The van der Waals surface area contributed by atoms with Crippen molar-refractivity contribution in [2.45, 2.75) is 32.5 Å². The van der Waals surface area contributed by atoms with Gasteiger partial charge in [0, 0.05) is 0 Å². The van der Waals surface area contributed by atoms with Crippen LogP contribution in [0.15, 0.2) is 18.2 Å². The third kappa shape index (κ3) is 3.93. The van der Waals surface area contributed by atoms with Gasteiger partial charge < -0.3 is 9.84 Å². The summed E-state index contributed by atoms with van der Waals surface area (Å²) in [6.07, 6.45) is -4.74. The molecule has 0 saturated heterocycles. The number of aliphatic hydroxyl groups excluding tert-OH is 1. The second-order valence-corrected chi connectivity index (χ2v) is 4.68. The van der Waals surface area contributed by atoms with Gasteiger partial charge in [0.15, 0.2) is 0 Å². The van der Waals surface area contributed by atoms with E-state index in [1.54, 1.807) is 20.8 Å². The van der Waals surface area contributed by atoms with E-state index in [0.29, 0.717) is 5.56 Å². The highest BCUT2D eigenvalue weighted by molar-refractivity contribution is 5.43. The minimum atomic E-state index is -4.74. The van der Waals surface area contributed by atoms with E-state index in [-0.39, 0.29) is 11.3 Å². The zero-order valence-electron chi connectivity index (χ0n) is 9.80. The highest BCUT2D eigenvalue weighted by Crippen LogP contribution is 2.35. The van der Waals surface area contributed by atoms with E-state index in [9.17, 15) is 13.2 Å². The molecule has 0 unspecified atom stereocenters. The normalized spacial score (nSPS) is 12.6. The molecule has 5 heteroatoms. The third-order valence-electron chi connectivity index (χ3n) is 2.19. The lowest BCUT2D eigenvalue weighted by Gasteiger charge is -2.23. The first-order valence-electron chi connectivity index (χ1n) is 5.01. The number of benzene rings is 1. The minimum Gasteiger partial charge on any atom is -0.405 e. The van der Waals surface area contributed by atoms with Crippen LogP contribution >= 0.6 is 0 Å². The van der Waals surface area contributed by atoms with Gasteiger partial charge in [0.1, 0.15) is 12.4 Å². The first kappa shape index (κ1) is 13.8. The highest BCUT2D eigenvalue weighted by Gasteiger charge is 2.33. The molecule has 2 nitrogen and oxygen atoms in total. The molecule has 0 aliphatic rings. The summed E-state index contributed by atoms with van der Waals surface area (Å²) < 4.78 is 40.7. The van der Waals surface area contributed by atoms with Crippen LogP contribution in [0.1, 0.15) is 31.9 Å². The Morgan fingerprint density at radius 1 is 1.18 bits per heavy atom. The van der Waals surface area contributed by atoms with E-state index in [4.69, 9.17) is 5.11 Å². The second kappa shape index (κ2) is 4.56. The van der Waals surface area contributed by atoms with E-state index in [0.717, 1.165) is 12.7 Å². The van der Waals surface area contributed by atoms with Crippen LogP contribution in [0.5, 0.6) is 5.75 Å². The van der Waals surface area contributed by atoms with Crippen molar-refractivity contribution in [3.63, 3.8) is 0 Å². The first-order chi connectivity index (χ1) is 7.63. The molecule has 0 saturated carbocycles. The Labute approximate surface area is 98.0 Å². The summed E-state index contributed by atoms with van der Waals surface area (Å²) in [6.45, 7) is 6.09. The van der Waals surface area contributed by atoms with Gasteiger partial charge in [-0.3, -0.25) is 0 Å². The lowest BCUT2D eigenvalue weighted by molar-refractivity contribution is -0.275. The van der Waals surface area contributed by atoms with Gasteiger partial charge >= 0.3 is 6.36 Å². The molecule has 0 bridgehead atoms. The fraction of sp³-hybridized carbons (Fsp3) is 0.417. The summed E-state index contributed by atoms with van der Waals surface area (Å²) in [5.74, 6) is -0.284. The van der Waals surface area contributed by atoms with Gasteiger partial charge in [-0.1, -0.05) is 32.9 Å². The summed E-state index contributed by atoms with van der Waals surface area (Å²) in [4.78, 5) is 0. The number of hydrogen-bond donors (Lipinski definition) is 1. The Balaban J connectivity index is 3.22. The van der Waals surface area contributed by atoms with Crippen LogP contribution < -0.4 is 4.74 Å². The quantitative estimate of drug-likeness (QED) is 0.862. The van der Waals surface area contributed by atoms with Crippen molar-refractivity contribution in [1.29, 1.82) is 0 Å². The third-order valence-corrected chi connectivity index (χ3v) is 2.19. The van der Waals surface area contributed by atoms with Crippen LogP contribution in [0.3, 0.4) is 0 Å². The molecule has 0 heterocycles. The van der Waals surface area contributed by atoms with Crippen molar-refractivity contribution >= 4 is 0 Å². The molecule has 0 amide bonds. The van der Waals surface area contributed by atoms with Gasteiger partial charge in [-0.15, -0.1) is 13.2 Å². The molecule has 0 atom stereocenters. The number of hydrogen-bond acceptors (Lipinski definition) is 2. The average molecular weight is 247 g/mol. The van der Waals surface area contributed by atoms with Gasteiger partial charge in [-0.25, -0.2) is 0 Å². The molecular weight excluding hydrogens is 233 g/mol. The Bertz CT molecular complexity index is 392. The Morgan fingerprint density at radius 3 is 2.18 bits per heavy atom. The molecule has 95 valence electrons. The van der Waals surface area contributed by atoms with E-state index in [1.807, 2.05) is 0 Å². The van der Waals surface area contributed by atoms with Crippen LogP contribution in [0.25, 0.3) is 0 Å². The van der Waals surface area contributed by atoms with Crippen LogP contribution in [0, 0.1) is 6.61 Å². The van der Waals surface area contributed by atoms with Crippen molar-refractivity contribution < 1.29 is 23.0 Å². The van der Waals surface area contributed by atoms with Crippen molar-refractivity contribution in [2.24, 2.45) is 0 Å². The SMILES string of the molecule is CC(C)(C)c1ccc([CH]O)cc1OC(F)(F)F. The Morgan fingerprint density at radius 2 is 1.76 bits per heavy atom. The lowest BCUT2D eigenvalue weighted by Crippen LogP contribution is -2.21. The molecule has 1 aromatic rings. The van der Waals surface area contributed by atoms with E-state index in [2.05, 4.69) is 4.74 Å². The first-order valence-corrected chi connectivity index (χ1v) is 5.01. The minimum absolute atomic E-state index is 0.261. The second-order valence-electron chi connectivity index (χ2n) is 4.68. The van der Waals surface area contributed by atoms with Crippen LogP contribution in [-0.4, -0.2) is 11.5 Å². The van der Waals surface area contributed by atoms with Crippen LogP contribution in [0.4, 0.5) is 13.2 Å². The summed E-state index contributed by atoms with van der Waals surface area (Å²) in [5.41, 5.74) is 0.215. The van der Waals surface area contributed by atoms with E-state index >= 15 is 0 Å². The molecule has 17 heavy (non-hydrogen) atoms. The van der Waals surface area contributed by atoms with Gasteiger partial charge in [-0.05, 0) is 22.6 Å². The number of alkyl halides is 3. The van der Waals surface area contributed by atoms with Crippen LogP contribution in [0.2, 0.25) is 0 Å². The predicted molar refractivity (Wildman–Crippen MR) is 57.2 cm³/mol. The highest BCUT2D eigenvalue weighted by atomic mass is 19.4. The Kier molecular flexibility index (Phi) is 3.71. The molecule has 1 N–H and O–H groups in total. The number of halogens is 3. The molecule has 0 aliphatic carbocycles. The van der Waals surface area contributed by atoms with E-state index in [1.165, 1.54) is 12.1 Å². The number of ether oxygens (including phenoxy) is 1. The van der Waals surface area contributed by atoms with E-state index < -0.39 is 11.8 Å². The van der Waals surface area contributed by atoms with Gasteiger partial charge in [0.25, 0.3) is 0 Å². The van der Waals surface area contributed by atoms with Gasteiger partial charge in [0.05, 0.1) is 0 Å². The van der Waals surface area contributed by atoms with Crippen molar-refractivity contribution in [3.8, 4) is 5.75 Å². The molecule has 1 radical (unpaired) electrons. The fourth-order valence-electron chi connectivity index (χ4n) is 1.45. The summed E-state index contributed by atoms with van der Waals surface area (Å²) in [6, 6.07) is 4.21. The van der Waals surface area contributed by atoms with Gasteiger partial charge in [0.2, 0.25) is 0 Å². The topological polar surface area (TPSA) is 29.5 Å². The van der Waals surface area contributed by atoms with Crippen molar-refractivity contribution in [1.82, 2.24) is 0 Å². The van der Waals surface area contributed by atoms with Crippen LogP contribution in [-0.2, 0) is 5.41 Å². The fourth-order valence-corrected chi connectivity index (χ4v) is 1.45. The summed E-state index contributed by atoms with van der Waals surface area (Å²) >= 11 is 0. The van der Waals surface area contributed by atoms with Gasteiger partial charge in [-0.2, -0.15) is 0 Å². The maximum absolute atomic E-state index is 12.3. The molecular formula is C12H14F3O2. The summed E-state index contributed by atoms with van der Waals surface area (Å²) in [7, 11) is 0. The molecule has 1 rings (SSSR count). The predicted octanol–water partition coefficient (Wildman–Crippen LogP) is 3.77. The smallest absolute Gasteiger partial charge is 0.405 e. The largest absolute Gasteiger partial charge is 0.573 e. The maximum atomic E-state index is 12.3. The zero-order valence-corrected chi connectivity index (χ0v) is 9.80. The number of rotatable bonds is 2. The molecule has 0 spiro atoms. The van der Waals surface area contributed by atoms with Crippen molar-refractivity contribution in [2.75, 3.05) is 0 Å². The zero-order chi connectivity index (χ0) is 13.3. The molecule has 0 aromatic heterocycles. The average Bonchev–Trinajstić information content (AvgIpc) is 2.13. The standard InChI is InChI=1S/C12H14F3O2/c1-11(2,3)9-5-4-8(7-16)6-10(9)17-12(13,14)15/h4-7,16H,1-3H3. The monoisotopic (exact) mass is 247 g/mol. The maximum Gasteiger partial charge on any atom is 0.573 e. The molecule has 0 fully saturated rings. The Hall–Kier alpha value is -1.23. The van der Waals surface area contributed by atoms with Crippen molar-refractivity contribution in [3.05, 3.63) is 35.9 Å². The molecule has 1 aromatic carbocycles.